The molecular weight excluding hydrogens is 332 g/mol. The van der Waals surface area contributed by atoms with Crippen molar-refractivity contribution < 1.29 is 9.59 Å². The fourth-order valence-corrected chi connectivity index (χ4v) is 3.87. The van der Waals surface area contributed by atoms with Crippen molar-refractivity contribution in [3.63, 3.8) is 0 Å². The molecule has 132 valence electrons. The van der Waals surface area contributed by atoms with Crippen molar-refractivity contribution in [2.45, 2.75) is 38.6 Å². The van der Waals surface area contributed by atoms with Gasteiger partial charge in [0, 0.05) is 24.4 Å². The van der Waals surface area contributed by atoms with Crippen LogP contribution in [-0.4, -0.2) is 29.8 Å². The molecule has 2 heterocycles. The molecule has 0 aliphatic carbocycles. The van der Waals surface area contributed by atoms with Gasteiger partial charge >= 0.3 is 0 Å². The fraction of sp³-hybridized carbons (Fsp3) is 0.400. The van der Waals surface area contributed by atoms with Gasteiger partial charge in [-0.25, -0.2) is 0 Å². The van der Waals surface area contributed by atoms with E-state index in [2.05, 4.69) is 31.3 Å². The Kier molecular flexibility index (Phi) is 5.53. The van der Waals surface area contributed by atoms with Gasteiger partial charge in [-0.2, -0.15) is 0 Å². The van der Waals surface area contributed by atoms with E-state index in [1.54, 1.807) is 16.2 Å². The van der Waals surface area contributed by atoms with Crippen LogP contribution in [0.2, 0.25) is 0 Å². The number of rotatable bonds is 5. The zero-order chi connectivity index (χ0) is 17.8. The Morgan fingerprint density at radius 1 is 1.28 bits per heavy atom. The maximum absolute atomic E-state index is 12.7. The molecular formula is C20H24N2O2S. The summed E-state index contributed by atoms with van der Waals surface area (Å²) in [4.78, 5) is 28.1. The molecule has 5 heteroatoms. The summed E-state index contributed by atoms with van der Waals surface area (Å²) in [6, 6.07) is 11.6. The summed E-state index contributed by atoms with van der Waals surface area (Å²) in [5.41, 5.74) is 2.11. The molecule has 3 rings (SSSR count). The van der Waals surface area contributed by atoms with Gasteiger partial charge in [-0.3, -0.25) is 9.59 Å². The summed E-state index contributed by atoms with van der Waals surface area (Å²) in [6.07, 6.45) is 1.17. The summed E-state index contributed by atoms with van der Waals surface area (Å²) < 4.78 is 0. The molecule has 25 heavy (non-hydrogen) atoms. The van der Waals surface area contributed by atoms with Gasteiger partial charge in [0.25, 0.3) is 0 Å². The number of carbonyl (C=O) groups excluding carboxylic acids is 2. The number of nitrogens with zero attached hydrogens (tertiary/aromatic N) is 1. The molecule has 1 aliphatic heterocycles. The van der Waals surface area contributed by atoms with Crippen molar-refractivity contribution >= 4 is 23.2 Å². The molecule has 1 saturated heterocycles. The molecule has 1 N–H and O–H groups in total. The van der Waals surface area contributed by atoms with Gasteiger partial charge in [-0.15, -0.1) is 11.3 Å². The first-order valence-electron chi connectivity index (χ1n) is 8.75. The Morgan fingerprint density at radius 3 is 2.68 bits per heavy atom. The van der Waals surface area contributed by atoms with Gasteiger partial charge in [0.2, 0.25) is 11.8 Å². The SMILES string of the molecule is CC(C)c1ccc(C2C(=O)NCCN2C(=O)CCc2cccs2)cc1. The van der Waals surface area contributed by atoms with E-state index < -0.39 is 6.04 Å². The highest BCUT2D eigenvalue weighted by molar-refractivity contribution is 7.09. The number of hydrogen-bond donors (Lipinski definition) is 1. The molecule has 0 radical (unpaired) electrons. The third-order valence-electron chi connectivity index (χ3n) is 4.62. The molecule has 1 aromatic heterocycles. The lowest BCUT2D eigenvalue weighted by atomic mass is 9.97. The monoisotopic (exact) mass is 356 g/mol. The number of thiophene rings is 1. The smallest absolute Gasteiger partial charge is 0.247 e. The van der Waals surface area contributed by atoms with E-state index in [0.717, 1.165) is 12.0 Å². The van der Waals surface area contributed by atoms with Gasteiger partial charge in [0.05, 0.1) is 0 Å². The Hall–Kier alpha value is -2.14. The number of aryl methyl sites for hydroxylation is 1. The van der Waals surface area contributed by atoms with E-state index >= 15 is 0 Å². The second kappa shape index (κ2) is 7.83. The van der Waals surface area contributed by atoms with Gasteiger partial charge < -0.3 is 10.2 Å². The predicted molar refractivity (Wildman–Crippen MR) is 101 cm³/mol. The highest BCUT2D eigenvalue weighted by atomic mass is 32.1. The maximum atomic E-state index is 12.7. The van der Waals surface area contributed by atoms with Crippen LogP contribution in [0.3, 0.4) is 0 Å². The van der Waals surface area contributed by atoms with Crippen molar-refractivity contribution in [1.29, 1.82) is 0 Å². The van der Waals surface area contributed by atoms with Gasteiger partial charge in [0.1, 0.15) is 6.04 Å². The highest BCUT2D eigenvalue weighted by Crippen LogP contribution is 2.26. The molecule has 1 aromatic carbocycles. The minimum absolute atomic E-state index is 0.0428. The molecule has 0 bridgehead atoms. The molecule has 1 aliphatic rings. The van der Waals surface area contributed by atoms with E-state index in [0.29, 0.717) is 25.4 Å². The normalized spacial score (nSPS) is 17.6. The summed E-state index contributed by atoms with van der Waals surface area (Å²) in [5, 5.41) is 4.91. The molecule has 1 unspecified atom stereocenters. The number of benzene rings is 1. The molecule has 2 aromatic rings. The fourth-order valence-electron chi connectivity index (χ4n) is 3.16. The first-order chi connectivity index (χ1) is 12.1. The zero-order valence-corrected chi connectivity index (χ0v) is 15.5. The van der Waals surface area contributed by atoms with E-state index in [1.807, 2.05) is 29.6 Å². The summed E-state index contributed by atoms with van der Waals surface area (Å²) in [7, 11) is 0. The van der Waals surface area contributed by atoms with Crippen LogP contribution < -0.4 is 5.32 Å². The van der Waals surface area contributed by atoms with Gasteiger partial charge in [-0.05, 0) is 34.9 Å². The van der Waals surface area contributed by atoms with Crippen molar-refractivity contribution in [1.82, 2.24) is 10.2 Å². The van der Waals surface area contributed by atoms with Crippen LogP contribution in [0.15, 0.2) is 41.8 Å². The first-order valence-corrected chi connectivity index (χ1v) is 9.63. The van der Waals surface area contributed by atoms with Crippen molar-refractivity contribution in [2.75, 3.05) is 13.1 Å². The van der Waals surface area contributed by atoms with Crippen LogP contribution in [0, 0.1) is 0 Å². The largest absolute Gasteiger partial charge is 0.352 e. The zero-order valence-electron chi connectivity index (χ0n) is 14.7. The highest BCUT2D eigenvalue weighted by Gasteiger charge is 2.33. The van der Waals surface area contributed by atoms with E-state index in [9.17, 15) is 9.59 Å². The number of carbonyl (C=O) groups is 2. The summed E-state index contributed by atoms with van der Waals surface area (Å²) >= 11 is 1.66. The quantitative estimate of drug-likeness (QED) is 0.891. The number of piperazine rings is 1. The number of amides is 2. The van der Waals surface area contributed by atoms with E-state index in [1.165, 1.54) is 10.4 Å². The average molecular weight is 356 g/mol. The second-order valence-electron chi connectivity index (χ2n) is 6.68. The third-order valence-corrected chi connectivity index (χ3v) is 5.55. The Morgan fingerprint density at radius 2 is 2.04 bits per heavy atom. The standard InChI is InChI=1S/C20H24N2O2S/c1-14(2)15-5-7-16(8-6-15)19-20(24)21-11-12-22(19)18(23)10-9-17-4-3-13-25-17/h3-8,13-14,19H,9-12H2,1-2H3,(H,21,24). The van der Waals surface area contributed by atoms with Crippen LogP contribution in [0.25, 0.3) is 0 Å². The molecule has 0 spiro atoms. The van der Waals surface area contributed by atoms with Crippen LogP contribution in [0.1, 0.15) is 48.2 Å². The minimum Gasteiger partial charge on any atom is -0.352 e. The van der Waals surface area contributed by atoms with Crippen LogP contribution in [-0.2, 0) is 16.0 Å². The van der Waals surface area contributed by atoms with E-state index in [4.69, 9.17) is 0 Å². The van der Waals surface area contributed by atoms with Crippen molar-refractivity contribution in [3.05, 3.63) is 57.8 Å². The maximum Gasteiger partial charge on any atom is 0.247 e. The molecule has 4 nitrogen and oxygen atoms in total. The summed E-state index contributed by atoms with van der Waals surface area (Å²) in [6.45, 7) is 5.36. The first kappa shape index (κ1) is 17.7. The predicted octanol–water partition coefficient (Wildman–Crippen LogP) is 3.50. The van der Waals surface area contributed by atoms with Crippen LogP contribution in [0.4, 0.5) is 0 Å². The van der Waals surface area contributed by atoms with Crippen LogP contribution >= 0.6 is 11.3 Å². The Balaban J connectivity index is 1.76. The Labute approximate surface area is 152 Å². The van der Waals surface area contributed by atoms with Gasteiger partial charge in [-0.1, -0.05) is 44.2 Å². The van der Waals surface area contributed by atoms with Crippen molar-refractivity contribution in [3.8, 4) is 0 Å². The van der Waals surface area contributed by atoms with Gasteiger partial charge in [0.15, 0.2) is 0 Å². The lowest BCUT2D eigenvalue weighted by molar-refractivity contribution is -0.143. The molecule has 2 amide bonds. The lowest BCUT2D eigenvalue weighted by Crippen LogP contribution is -2.52. The van der Waals surface area contributed by atoms with Crippen molar-refractivity contribution in [2.24, 2.45) is 0 Å². The average Bonchev–Trinajstić information content (AvgIpc) is 3.13. The minimum atomic E-state index is -0.522. The topological polar surface area (TPSA) is 49.4 Å². The number of hydrogen-bond acceptors (Lipinski definition) is 3. The molecule has 1 atom stereocenters. The summed E-state index contributed by atoms with van der Waals surface area (Å²) in [5.74, 6) is 0.395. The third kappa shape index (κ3) is 4.10. The Bertz CT molecular complexity index is 723. The second-order valence-corrected chi connectivity index (χ2v) is 7.71. The number of nitrogens with one attached hydrogen (secondary N) is 1. The molecule has 0 saturated carbocycles. The molecule has 1 fully saturated rings. The van der Waals surface area contributed by atoms with Crippen LogP contribution in [0.5, 0.6) is 0 Å². The lowest BCUT2D eigenvalue weighted by Gasteiger charge is -2.35. The van der Waals surface area contributed by atoms with E-state index in [-0.39, 0.29) is 11.8 Å².